The maximum absolute atomic E-state index is 10.2. The highest BCUT2D eigenvalue weighted by Gasteiger charge is 2.03. The van der Waals surface area contributed by atoms with E-state index in [1.54, 1.807) is 18.0 Å². The lowest BCUT2D eigenvalue weighted by atomic mass is 10.4. The summed E-state index contributed by atoms with van der Waals surface area (Å²) < 4.78 is 6.60. The molecule has 5 heteroatoms. The van der Waals surface area contributed by atoms with Crippen molar-refractivity contribution in [1.82, 2.24) is 15.0 Å². The molecule has 1 unspecified atom stereocenters. The van der Waals surface area contributed by atoms with Crippen molar-refractivity contribution in [2.45, 2.75) is 19.6 Å². The first-order valence-corrected chi connectivity index (χ1v) is 3.64. The van der Waals surface area contributed by atoms with E-state index >= 15 is 0 Å². The van der Waals surface area contributed by atoms with E-state index in [0.717, 1.165) is 0 Å². The number of nitrogens with zero attached hydrogens (tertiary/aromatic N) is 3. The van der Waals surface area contributed by atoms with Crippen LogP contribution in [0.5, 0.6) is 0 Å². The van der Waals surface area contributed by atoms with Crippen LogP contribution in [0.25, 0.3) is 0 Å². The second-order valence-electron chi connectivity index (χ2n) is 2.53. The van der Waals surface area contributed by atoms with Gasteiger partial charge in [-0.3, -0.25) is 4.79 Å². The molecule has 1 atom stereocenters. The molecule has 0 spiro atoms. The minimum atomic E-state index is 0.0752. The number of methoxy groups -OCH3 is 1. The Labute approximate surface area is 70.3 Å². The fraction of sp³-hybridized carbons (Fsp3) is 0.571. The largest absolute Gasteiger partial charge is 0.380 e. The molecule has 1 aromatic heterocycles. The van der Waals surface area contributed by atoms with E-state index in [4.69, 9.17) is 4.74 Å². The van der Waals surface area contributed by atoms with E-state index in [0.29, 0.717) is 18.5 Å². The van der Waals surface area contributed by atoms with Crippen molar-refractivity contribution in [3.8, 4) is 0 Å². The van der Waals surface area contributed by atoms with Crippen LogP contribution < -0.4 is 0 Å². The third kappa shape index (κ3) is 2.13. The van der Waals surface area contributed by atoms with Crippen LogP contribution >= 0.6 is 0 Å². The van der Waals surface area contributed by atoms with Gasteiger partial charge in [0.15, 0.2) is 6.29 Å². The third-order valence-corrected chi connectivity index (χ3v) is 1.52. The summed E-state index contributed by atoms with van der Waals surface area (Å²) in [5.74, 6) is 0. The molecule has 0 radical (unpaired) electrons. The molecule has 0 N–H and O–H groups in total. The number of rotatable bonds is 4. The maximum Gasteiger partial charge on any atom is 0.171 e. The standard InChI is InChI=1S/C7H11N3O2/c1-6(12-2)3-10-4-7(5-11)8-9-10/h4-6H,3H2,1-2H3. The van der Waals surface area contributed by atoms with Gasteiger partial charge in [-0.05, 0) is 6.92 Å². The first kappa shape index (κ1) is 8.86. The van der Waals surface area contributed by atoms with Crippen molar-refractivity contribution in [1.29, 1.82) is 0 Å². The first-order chi connectivity index (χ1) is 5.76. The Bertz CT molecular complexity index is 259. The molecule has 0 aliphatic heterocycles. The molecule has 1 aromatic rings. The van der Waals surface area contributed by atoms with Gasteiger partial charge in [-0.25, -0.2) is 4.68 Å². The highest BCUT2D eigenvalue weighted by atomic mass is 16.5. The van der Waals surface area contributed by atoms with Crippen molar-refractivity contribution < 1.29 is 9.53 Å². The van der Waals surface area contributed by atoms with Crippen molar-refractivity contribution in [2.24, 2.45) is 0 Å². The van der Waals surface area contributed by atoms with Gasteiger partial charge < -0.3 is 4.74 Å². The van der Waals surface area contributed by atoms with Crippen molar-refractivity contribution in [3.63, 3.8) is 0 Å². The lowest BCUT2D eigenvalue weighted by Gasteiger charge is -2.07. The van der Waals surface area contributed by atoms with Crippen LogP contribution in [0.4, 0.5) is 0 Å². The molecule has 0 amide bonds. The number of hydrogen-bond donors (Lipinski definition) is 0. The van der Waals surface area contributed by atoms with Crippen LogP contribution in [-0.4, -0.2) is 34.5 Å². The zero-order valence-corrected chi connectivity index (χ0v) is 7.10. The second-order valence-corrected chi connectivity index (χ2v) is 2.53. The lowest BCUT2D eigenvalue weighted by Crippen LogP contribution is -2.14. The zero-order chi connectivity index (χ0) is 8.97. The maximum atomic E-state index is 10.2. The van der Waals surface area contributed by atoms with Crippen molar-refractivity contribution >= 4 is 6.29 Å². The van der Waals surface area contributed by atoms with Gasteiger partial charge in [0.25, 0.3) is 0 Å². The van der Waals surface area contributed by atoms with Gasteiger partial charge in [0, 0.05) is 7.11 Å². The van der Waals surface area contributed by atoms with Crippen molar-refractivity contribution in [2.75, 3.05) is 7.11 Å². The van der Waals surface area contributed by atoms with Gasteiger partial charge in [-0.2, -0.15) is 0 Å². The smallest absolute Gasteiger partial charge is 0.171 e. The molecule has 0 aliphatic rings. The molecule has 0 aromatic carbocycles. The Kier molecular flexibility index (Phi) is 2.93. The van der Waals surface area contributed by atoms with Crippen LogP contribution in [-0.2, 0) is 11.3 Å². The lowest BCUT2D eigenvalue weighted by molar-refractivity contribution is 0.0992. The predicted octanol–water partition coefficient (Wildman–Crippen LogP) is 0.125. The summed E-state index contributed by atoms with van der Waals surface area (Å²) in [7, 11) is 1.63. The van der Waals surface area contributed by atoms with Gasteiger partial charge in [0.1, 0.15) is 5.69 Å². The van der Waals surface area contributed by atoms with E-state index in [-0.39, 0.29) is 6.10 Å². The summed E-state index contributed by atoms with van der Waals surface area (Å²) in [4.78, 5) is 10.2. The molecular formula is C7H11N3O2. The first-order valence-electron chi connectivity index (χ1n) is 3.64. The quantitative estimate of drug-likeness (QED) is 0.601. The average Bonchev–Trinajstić information content (AvgIpc) is 2.52. The number of aldehydes is 1. The van der Waals surface area contributed by atoms with Crippen LogP contribution in [0.1, 0.15) is 17.4 Å². The van der Waals surface area contributed by atoms with Gasteiger partial charge in [-0.1, -0.05) is 5.21 Å². The average molecular weight is 169 g/mol. The Morgan fingerprint density at radius 3 is 3.08 bits per heavy atom. The summed E-state index contributed by atoms with van der Waals surface area (Å²) >= 11 is 0. The summed E-state index contributed by atoms with van der Waals surface area (Å²) in [6.45, 7) is 2.53. The van der Waals surface area contributed by atoms with Gasteiger partial charge in [0.2, 0.25) is 0 Å². The molecule has 5 nitrogen and oxygen atoms in total. The molecule has 1 rings (SSSR count). The SMILES string of the molecule is COC(C)Cn1cc(C=O)nn1. The van der Waals surface area contributed by atoms with Crippen molar-refractivity contribution in [3.05, 3.63) is 11.9 Å². The Morgan fingerprint density at radius 1 is 1.83 bits per heavy atom. The van der Waals surface area contributed by atoms with E-state index in [1.807, 2.05) is 6.92 Å². The van der Waals surface area contributed by atoms with Gasteiger partial charge in [-0.15, -0.1) is 5.10 Å². The Balaban J connectivity index is 2.57. The topological polar surface area (TPSA) is 57.0 Å². The normalized spacial score (nSPS) is 12.8. The minimum absolute atomic E-state index is 0.0752. The molecule has 1 heterocycles. The number of aromatic nitrogens is 3. The van der Waals surface area contributed by atoms with Gasteiger partial charge >= 0.3 is 0 Å². The minimum Gasteiger partial charge on any atom is -0.380 e. The van der Waals surface area contributed by atoms with Crippen LogP contribution in [0.3, 0.4) is 0 Å². The monoisotopic (exact) mass is 169 g/mol. The molecule has 0 bridgehead atoms. The Morgan fingerprint density at radius 2 is 2.58 bits per heavy atom. The molecule has 12 heavy (non-hydrogen) atoms. The molecular weight excluding hydrogens is 158 g/mol. The number of ether oxygens (including phenoxy) is 1. The molecule has 0 aliphatic carbocycles. The fourth-order valence-electron chi connectivity index (χ4n) is 0.795. The summed E-state index contributed by atoms with van der Waals surface area (Å²) in [6.07, 6.45) is 2.33. The van der Waals surface area contributed by atoms with E-state index in [1.165, 1.54) is 0 Å². The molecule has 0 fully saturated rings. The molecule has 0 saturated heterocycles. The van der Waals surface area contributed by atoms with Gasteiger partial charge in [0.05, 0.1) is 18.8 Å². The fourth-order valence-corrected chi connectivity index (χ4v) is 0.795. The number of hydrogen-bond acceptors (Lipinski definition) is 4. The summed E-state index contributed by atoms with van der Waals surface area (Å²) in [5, 5.41) is 7.34. The van der Waals surface area contributed by atoms with Crippen LogP contribution in [0.2, 0.25) is 0 Å². The van der Waals surface area contributed by atoms with Crippen LogP contribution in [0.15, 0.2) is 6.20 Å². The van der Waals surface area contributed by atoms with E-state index < -0.39 is 0 Å². The van der Waals surface area contributed by atoms with E-state index in [9.17, 15) is 4.79 Å². The second kappa shape index (κ2) is 3.96. The summed E-state index contributed by atoms with van der Waals surface area (Å²) in [5.41, 5.74) is 0.346. The molecule has 0 saturated carbocycles. The van der Waals surface area contributed by atoms with Crippen LogP contribution in [0, 0.1) is 0 Å². The van der Waals surface area contributed by atoms with E-state index in [2.05, 4.69) is 10.3 Å². The highest BCUT2D eigenvalue weighted by Crippen LogP contribution is 1.94. The summed E-state index contributed by atoms with van der Waals surface area (Å²) in [6, 6.07) is 0. The predicted molar refractivity (Wildman–Crippen MR) is 41.9 cm³/mol. The zero-order valence-electron chi connectivity index (χ0n) is 7.10. The third-order valence-electron chi connectivity index (χ3n) is 1.52. The highest BCUT2D eigenvalue weighted by molar-refractivity contribution is 5.70. The number of carbonyl (C=O) groups is 1. The Hall–Kier alpha value is -1.23. The number of carbonyl (C=O) groups excluding carboxylic acids is 1. The molecule has 66 valence electrons.